The average Bonchev–Trinajstić information content (AvgIpc) is 3.34. The fourth-order valence-electron chi connectivity index (χ4n) is 3.31. The SMILES string of the molecule is Cn1nc(C2CCN(c3ccc(/N=C/c4ccc([N+](=O)[O-])o4)cc3)CC2)oc1=O. The molecule has 0 amide bonds. The van der Waals surface area contributed by atoms with E-state index in [-0.39, 0.29) is 11.8 Å². The average molecular weight is 397 g/mol. The van der Waals surface area contributed by atoms with Crippen LogP contribution in [0.3, 0.4) is 0 Å². The summed E-state index contributed by atoms with van der Waals surface area (Å²) in [4.78, 5) is 28.0. The zero-order valence-corrected chi connectivity index (χ0v) is 15.7. The van der Waals surface area contributed by atoms with Crippen LogP contribution in [-0.4, -0.2) is 34.0 Å². The molecule has 3 heterocycles. The van der Waals surface area contributed by atoms with Crippen LogP contribution < -0.4 is 10.7 Å². The summed E-state index contributed by atoms with van der Waals surface area (Å²) in [6, 6.07) is 10.5. The van der Waals surface area contributed by atoms with Crippen molar-refractivity contribution in [1.29, 1.82) is 0 Å². The number of aromatic nitrogens is 2. The van der Waals surface area contributed by atoms with Gasteiger partial charge < -0.3 is 13.7 Å². The molecule has 3 aromatic rings. The third-order valence-electron chi connectivity index (χ3n) is 4.90. The summed E-state index contributed by atoms with van der Waals surface area (Å²) in [5, 5.41) is 14.8. The Balaban J connectivity index is 1.36. The molecule has 2 aromatic heterocycles. The van der Waals surface area contributed by atoms with Crippen LogP contribution in [0.4, 0.5) is 17.3 Å². The summed E-state index contributed by atoms with van der Waals surface area (Å²) in [5.41, 5.74) is 1.80. The van der Waals surface area contributed by atoms with Crippen molar-refractivity contribution in [2.45, 2.75) is 18.8 Å². The molecule has 0 unspecified atom stereocenters. The number of hydrogen-bond acceptors (Lipinski definition) is 8. The smallest absolute Gasteiger partial charge is 0.400 e. The van der Waals surface area contributed by atoms with Crippen LogP contribution in [0, 0.1) is 10.1 Å². The van der Waals surface area contributed by atoms with Crippen LogP contribution in [0.2, 0.25) is 0 Å². The van der Waals surface area contributed by atoms with Gasteiger partial charge in [0.2, 0.25) is 5.89 Å². The maximum Gasteiger partial charge on any atom is 0.436 e. The Morgan fingerprint density at radius 1 is 1.17 bits per heavy atom. The first-order valence-corrected chi connectivity index (χ1v) is 9.17. The lowest BCUT2D eigenvalue weighted by atomic mass is 9.96. The van der Waals surface area contributed by atoms with Crippen molar-refractivity contribution >= 4 is 23.5 Å². The van der Waals surface area contributed by atoms with Gasteiger partial charge >= 0.3 is 11.6 Å². The lowest BCUT2D eigenvalue weighted by Gasteiger charge is -2.32. The topological polar surface area (TPSA) is 120 Å². The first-order chi connectivity index (χ1) is 14.0. The highest BCUT2D eigenvalue weighted by Crippen LogP contribution is 2.30. The van der Waals surface area contributed by atoms with Crippen molar-refractivity contribution < 1.29 is 13.8 Å². The maximum absolute atomic E-state index is 11.5. The Morgan fingerprint density at radius 3 is 2.48 bits per heavy atom. The molecule has 1 fully saturated rings. The van der Waals surface area contributed by atoms with Gasteiger partial charge in [0.25, 0.3) is 0 Å². The molecule has 10 nitrogen and oxygen atoms in total. The molecule has 0 saturated carbocycles. The molecule has 0 atom stereocenters. The van der Waals surface area contributed by atoms with Gasteiger partial charge in [-0.25, -0.2) is 4.79 Å². The number of furan rings is 1. The normalized spacial score (nSPS) is 15.3. The molecule has 4 rings (SSSR count). The van der Waals surface area contributed by atoms with E-state index in [9.17, 15) is 14.9 Å². The van der Waals surface area contributed by atoms with Crippen LogP contribution >= 0.6 is 0 Å². The van der Waals surface area contributed by atoms with E-state index in [1.54, 1.807) is 7.05 Å². The fourth-order valence-corrected chi connectivity index (χ4v) is 3.31. The van der Waals surface area contributed by atoms with Gasteiger partial charge in [-0.15, -0.1) is 5.10 Å². The number of hydrogen-bond donors (Lipinski definition) is 0. The van der Waals surface area contributed by atoms with E-state index in [1.807, 2.05) is 24.3 Å². The van der Waals surface area contributed by atoms with Gasteiger partial charge in [0, 0.05) is 31.7 Å². The Labute approximate surface area is 165 Å². The monoisotopic (exact) mass is 397 g/mol. The predicted molar refractivity (Wildman–Crippen MR) is 105 cm³/mol. The zero-order valence-electron chi connectivity index (χ0n) is 15.7. The molecule has 150 valence electrons. The standard InChI is InChI=1S/C19H19N5O5/c1-22-19(25)29-18(21-22)13-8-10-23(11-9-13)15-4-2-14(3-5-15)20-12-16-6-7-17(28-16)24(26)27/h2-7,12-13H,8-11H2,1H3/b20-12+. The number of piperidine rings is 1. The highest BCUT2D eigenvalue weighted by molar-refractivity contribution is 5.79. The molecule has 1 aliphatic rings. The van der Waals surface area contributed by atoms with Gasteiger partial charge in [0.05, 0.1) is 18.0 Å². The highest BCUT2D eigenvalue weighted by atomic mass is 16.6. The molecule has 29 heavy (non-hydrogen) atoms. The van der Waals surface area contributed by atoms with E-state index in [4.69, 9.17) is 8.83 Å². The Kier molecular flexibility index (Phi) is 4.98. The second kappa shape index (κ2) is 7.74. The van der Waals surface area contributed by atoms with E-state index < -0.39 is 10.7 Å². The number of anilines is 1. The highest BCUT2D eigenvalue weighted by Gasteiger charge is 2.25. The van der Waals surface area contributed by atoms with Gasteiger partial charge in [0.15, 0.2) is 5.76 Å². The number of benzene rings is 1. The van der Waals surface area contributed by atoms with Crippen molar-refractivity contribution in [2.75, 3.05) is 18.0 Å². The first-order valence-electron chi connectivity index (χ1n) is 9.17. The molecule has 1 aliphatic heterocycles. The number of aryl methyl sites for hydroxylation is 1. The summed E-state index contributed by atoms with van der Waals surface area (Å²) in [6.45, 7) is 1.67. The van der Waals surface area contributed by atoms with E-state index in [1.165, 1.54) is 23.0 Å². The van der Waals surface area contributed by atoms with Gasteiger partial charge in [0.1, 0.15) is 4.92 Å². The van der Waals surface area contributed by atoms with Crippen molar-refractivity contribution in [2.24, 2.45) is 12.0 Å². The van der Waals surface area contributed by atoms with Crippen molar-refractivity contribution in [3.05, 3.63) is 68.7 Å². The van der Waals surface area contributed by atoms with Crippen LogP contribution in [0.1, 0.15) is 30.4 Å². The van der Waals surface area contributed by atoms with E-state index >= 15 is 0 Å². The fraction of sp³-hybridized carbons (Fsp3) is 0.316. The van der Waals surface area contributed by atoms with Crippen molar-refractivity contribution in [3.8, 4) is 0 Å². The van der Waals surface area contributed by atoms with Crippen molar-refractivity contribution in [3.63, 3.8) is 0 Å². The third kappa shape index (κ3) is 4.10. The van der Waals surface area contributed by atoms with E-state index in [0.29, 0.717) is 11.7 Å². The minimum Gasteiger partial charge on any atom is -0.400 e. The molecule has 10 heteroatoms. The van der Waals surface area contributed by atoms with Crippen LogP contribution in [0.25, 0.3) is 0 Å². The second-order valence-corrected chi connectivity index (χ2v) is 6.80. The Morgan fingerprint density at radius 2 is 1.90 bits per heavy atom. The van der Waals surface area contributed by atoms with Crippen LogP contribution in [0.5, 0.6) is 0 Å². The minimum atomic E-state index is -0.586. The molecule has 0 aliphatic carbocycles. The largest absolute Gasteiger partial charge is 0.436 e. The number of rotatable bonds is 5. The molecular formula is C19H19N5O5. The molecule has 0 spiro atoms. The number of aliphatic imine (C=N–C) groups is 1. The summed E-state index contributed by atoms with van der Waals surface area (Å²) in [5.74, 6) is 0.253. The molecule has 1 aromatic carbocycles. The van der Waals surface area contributed by atoms with Gasteiger partial charge in [-0.1, -0.05) is 0 Å². The molecule has 0 radical (unpaired) electrons. The lowest BCUT2D eigenvalue weighted by Crippen LogP contribution is -2.32. The Hall–Kier alpha value is -3.69. The second-order valence-electron chi connectivity index (χ2n) is 6.80. The van der Waals surface area contributed by atoms with Crippen LogP contribution in [0.15, 0.2) is 55.0 Å². The Bertz CT molecular complexity index is 1090. The minimum absolute atomic E-state index is 0.154. The maximum atomic E-state index is 11.5. The molecular weight excluding hydrogens is 378 g/mol. The van der Waals surface area contributed by atoms with Crippen molar-refractivity contribution in [1.82, 2.24) is 9.78 Å². The zero-order chi connectivity index (χ0) is 20.4. The van der Waals surface area contributed by atoms with E-state index in [2.05, 4.69) is 15.0 Å². The van der Waals surface area contributed by atoms with Gasteiger partial charge in [-0.05, 0) is 43.2 Å². The summed E-state index contributed by atoms with van der Waals surface area (Å²) in [7, 11) is 1.58. The summed E-state index contributed by atoms with van der Waals surface area (Å²) < 4.78 is 11.5. The predicted octanol–water partition coefficient (Wildman–Crippen LogP) is 3.01. The van der Waals surface area contributed by atoms with Crippen LogP contribution in [-0.2, 0) is 7.05 Å². The number of nitro groups is 1. The molecule has 1 saturated heterocycles. The third-order valence-corrected chi connectivity index (χ3v) is 4.90. The summed E-state index contributed by atoms with van der Waals surface area (Å²) in [6.07, 6.45) is 3.17. The quantitative estimate of drug-likeness (QED) is 0.369. The van der Waals surface area contributed by atoms with E-state index in [0.717, 1.165) is 37.3 Å². The van der Waals surface area contributed by atoms with Gasteiger partial charge in [-0.2, -0.15) is 4.68 Å². The molecule has 0 N–H and O–H groups in total. The molecule has 0 bridgehead atoms. The first kappa shape index (κ1) is 18.7. The lowest BCUT2D eigenvalue weighted by molar-refractivity contribution is -0.402. The van der Waals surface area contributed by atoms with Gasteiger partial charge in [-0.3, -0.25) is 15.1 Å². The number of nitrogens with zero attached hydrogens (tertiary/aromatic N) is 5. The summed E-state index contributed by atoms with van der Waals surface area (Å²) >= 11 is 0.